The Morgan fingerprint density at radius 3 is 2.68 bits per heavy atom. The Morgan fingerprint density at radius 2 is 2.00 bits per heavy atom. The fourth-order valence-corrected chi connectivity index (χ4v) is 3.18. The Bertz CT molecular complexity index is 911. The van der Waals surface area contributed by atoms with Crippen LogP contribution < -0.4 is 4.74 Å². The molecule has 0 amide bonds. The minimum atomic E-state index is -0.897. The maximum atomic E-state index is 11.2. The van der Waals surface area contributed by atoms with Crippen LogP contribution in [-0.4, -0.2) is 22.8 Å². The molecule has 0 saturated carbocycles. The highest BCUT2D eigenvalue weighted by molar-refractivity contribution is 5.87. The number of methoxy groups -OCH3 is 1. The van der Waals surface area contributed by atoms with Crippen LogP contribution in [0.15, 0.2) is 48.5 Å². The van der Waals surface area contributed by atoms with Crippen molar-refractivity contribution in [3.05, 3.63) is 65.4 Å². The zero-order valence-corrected chi connectivity index (χ0v) is 14.8. The molecule has 1 aromatic heterocycles. The largest absolute Gasteiger partial charge is 0.497 e. The van der Waals surface area contributed by atoms with Crippen molar-refractivity contribution in [1.29, 1.82) is 0 Å². The molecule has 3 rings (SSSR count). The molecule has 1 atom stereocenters. The van der Waals surface area contributed by atoms with Gasteiger partial charge in [-0.3, -0.25) is 0 Å². The minimum Gasteiger partial charge on any atom is -0.497 e. The monoisotopic (exact) mass is 337 g/mol. The van der Waals surface area contributed by atoms with Gasteiger partial charge >= 0.3 is 5.97 Å². The van der Waals surface area contributed by atoms with E-state index in [1.54, 1.807) is 25.3 Å². The molecule has 2 aromatic carbocycles. The maximum Gasteiger partial charge on any atom is 0.335 e. The normalized spacial score (nSPS) is 12.3. The molecule has 1 unspecified atom stereocenters. The van der Waals surface area contributed by atoms with Crippen LogP contribution in [0.1, 0.15) is 47.8 Å². The summed E-state index contributed by atoms with van der Waals surface area (Å²) in [7, 11) is 1.67. The molecule has 0 spiro atoms. The van der Waals surface area contributed by atoms with E-state index >= 15 is 0 Å². The zero-order valence-electron chi connectivity index (χ0n) is 14.8. The summed E-state index contributed by atoms with van der Waals surface area (Å²) in [6, 6.07) is 15.4. The lowest BCUT2D eigenvalue weighted by atomic mass is 10.0. The topological polar surface area (TPSA) is 51.5 Å². The number of carboxylic acids is 1. The molecule has 0 aliphatic rings. The van der Waals surface area contributed by atoms with Crippen molar-refractivity contribution in [2.75, 3.05) is 7.11 Å². The van der Waals surface area contributed by atoms with Gasteiger partial charge in [0.2, 0.25) is 0 Å². The lowest BCUT2D eigenvalue weighted by Crippen LogP contribution is -2.07. The first kappa shape index (κ1) is 17.1. The second kappa shape index (κ2) is 7.01. The first-order chi connectivity index (χ1) is 12.0. The summed E-state index contributed by atoms with van der Waals surface area (Å²) in [6.07, 6.45) is 1.04. The van der Waals surface area contributed by atoms with Crippen molar-refractivity contribution >= 4 is 16.9 Å². The molecule has 0 saturated heterocycles. The number of carboxylic acid groups (broad SMARTS) is 1. The van der Waals surface area contributed by atoms with Crippen LogP contribution >= 0.6 is 0 Å². The predicted molar refractivity (Wildman–Crippen MR) is 99.7 cm³/mol. The van der Waals surface area contributed by atoms with Crippen LogP contribution in [0.2, 0.25) is 0 Å². The third-order valence-electron chi connectivity index (χ3n) is 4.77. The molecule has 130 valence electrons. The molecule has 0 aliphatic heterocycles. The zero-order chi connectivity index (χ0) is 18.0. The second-order valence-electron chi connectivity index (χ2n) is 6.39. The van der Waals surface area contributed by atoms with E-state index in [1.807, 2.05) is 18.2 Å². The molecule has 1 heterocycles. The number of aromatic carboxylic acids is 1. The van der Waals surface area contributed by atoms with Crippen LogP contribution in [-0.2, 0) is 6.54 Å². The molecule has 0 fully saturated rings. The van der Waals surface area contributed by atoms with E-state index in [1.165, 1.54) is 5.69 Å². The first-order valence-electron chi connectivity index (χ1n) is 8.53. The fraction of sp³-hybridized carbons (Fsp3) is 0.286. The SMILES string of the molecule is CCC(C)c1cc2cc(OC)ccc2n1Cc1cccc(C(=O)O)c1. The van der Waals surface area contributed by atoms with E-state index < -0.39 is 5.97 Å². The van der Waals surface area contributed by atoms with Gasteiger partial charge in [0, 0.05) is 23.1 Å². The van der Waals surface area contributed by atoms with Crippen LogP contribution in [0.4, 0.5) is 0 Å². The number of aromatic nitrogens is 1. The summed E-state index contributed by atoms with van der Waals surface area (Å²) in [5, 5.41) is 10.4. The van der Waals surface area contributed by atoms with Gasteiger partial charge < -0.3 is 14.4 Å². The fourth-order valence-electron chi connectivity index (χ4n) is 3.18. The molecule has 4 heteroatoms. The number of ether oxygens (including phenoxy) is 1. The van der Waals surface area contributed by atoms with Crippen molar-refractivity contribution < 1.29 is 14.6 Å². The number of hydrogen-bond acceptors (Lipinski definition) is 2. The Balaban J connectivity index is 2.10. The predicted octanol–water partition coefficient (Wildman–Crippen LogP) is 4.91. The van der Waals surface area contributed by atoms with Crippen LogP contribution in [0, 0.1) is 0 Å². The van der Waals surface area contributed by atoms with Gasteiger partial charge in [-0.25, -0.2) is 4.79 Å². The van der Waals surface area contributed by atoms with Gasteiger partial charge in [-0.15, -0.1) is 0 Å². The average Bonchev–Trinajstić information content (AvgIpc) is 2.98. The summed E-state index contributed by atoms with van der Waals surface area (Å²) in [6.45, 7) is 5.05. The molecule has 1 N–H and O–H groups in total. The van der Waals surface area contributed by atoms with E-state index in [0.29, 0.717) is 18.0 Å². The summed E-state index contributed by atoms with van der Waals surface area (Å²) >= 11 is 0. The van der Waals surface area contributed by atoms with Crippen molar-refractivity contribution in [2.24, 2.45) is 0 Å². The van der Waals surface area contributed by atoms with Crippen molar-refractivity contribution in [3.63, 3.8) is 0 Å². The van der Waals surface area contributed by atoms with E-state index in [2.05, 4.69) is 30.5 Å². The molecule has 0 bridgehead atoms. The molecular formula is C21H23NO3. The van der Waals surface area contributed by atoms with Crippen LogP contribution in [0.5, 0.6) is 5.75 Å². The maximum absolute atomic E-state index is 11.2. The number of hydrogen-bond donors (Lipinski definition) is 1. The third-order valence-corrected chi connectivity index (χ3v) is 4.77. The van der Waals surface area contributed by atoms with Gasteiger partial charge in [-0.05, 0) is 54.3 Å². The van der Waals surface area contributed by atoms with E-state index in [0.717, 1.165) is 28.6 Å². The molecule has 25 heavy (non-hydrogen) atoms. The Hall–Kier alpha value is -2.75. The quantitative estimate of drug-likeness (QED) is 0.695. The Kier molecular flexibility index (Phi) is 4.79. The standard InChI is InChI=1S/C21H23NO3/c1-4-14(2)20-12-17-11-18(25-3)8-9-19(17)22(20)13-15-6-5-7-16(10-15)21(23)24/h5-12,14H,4,13H2,1-3H3,(H,23,24). The van der Waals surface area contributed by atoms with Crippen molar-refractivity contribution in [3.8, 4) is 5.75 Å². The number of rotatable bonds is 6. The first-order valence-corrected chi connectivity index (χ1v) is 8.53. The number of benzene rings is 2. The van der Waals surface area contributed by atoms with Crippen molar-refractivity contribution in [1.82, 2.24) is 4.57 Å². The van der Waals surface area contributed by atoms with Gasteiger partial charge in [0.15, 0.2) is 0 Å². The Labute approximate surface area is 147 Å². The van der Waals surface area contributed by atoms with E-state index in [4.69, 9.17) is 4.74 Å². The summed E-state index contributed by atoms with van der Waals surface area (Å²) in [5.41, 5.74) is 3.70. The average molecular weight is 337 g/mol. The summed E-state index contributed by atoms with van der Waals surface area (Å²) < 4.78 is 7.63. The molecule has 3 aromatic rings. The molecular weight excluding hydrogens is 314 g/mol. The molecule has 0 aliphatic carbocycles. The van der Waals surface area contributed by atoms with E-state index in [-0.39, 0.29) is 0 Å². The highest BCUT2D eigenvalue weighted by Gasteiger charge is 2.15. The van der Waals surface area contributed by atoms with Gasteiger partial charge in [-0.2, -0.15) is 0 Å². The third kappa shape index (κ3) is 3.38. The molecule has 4 nitrogen and oxygen atoms in total. The lowest BCUT2D eigenvalue weighted by Gasteiger charge is -2.15. The lowest BCUT2D eigenvalue weighted by molar-refractivity contribution is 0.0696. The summed E-state index contributed by atoms with van der Waals surface area (Å²) in [5.74, 6) is 0.361. The highest BCUT2D eigenvalue weighted by atomic mass is 16.5. The minimum absolute atomic E-state index is 0.320. The van der Waals surface area contributed by atoms with Gasteiger partial charge in [0.25, 0.3) is 0 Å². The highest BCUT2D eigenvalue weighted by Crippen LogP contribution is 2.30. The van der Waals surface area contributed by atoms with Crippen molar-refractivity contribution in [2.45, 2.75) is 32.7 Å². The number of nitrogens with zero attached hydrogens (tertiary/aromatic N) is 1. The number of fused-ring (bicyclic) bond motifs is 1. The van der Waals surface area contributed by atoms with Gasteiger partial charge in [0.05, 0.1) is 12.7 Å². The van der Waals surface area contributed by atoms with Crippen LogP contribution in [0.3, 0.4) is 0 Å². The summed E-state index contributed by atoms with van der Waals surface area (Å²) in [4.78, 5) is 11.2. The number of carbonyl (C=O) groups is 1. The smallest absolute Gasteiger partial charge is 0.335 e. The van der Waals surface area contributed by atoms with E-state index in [9.17, 15) is 9.90 Å². The van der Waals surface area contributed by atoms with Crippen LogP contribution in [0.25, 0.3) is 10.9 Å². The Morgan fingerprint density at radius 1 is 1.20 bits per heavy atom. The van der Waals surface area contributed by atoms with Gasteiger partial charge in [0.1, 0.15) is 5.75 Å². The molecule has 0 radical (unpaired) electrons. The van der Waals surface area contributed by atoms with Gasteiger partial charge in [-0.1, -0.05) is 26.0 Å². The second-order valence-corrected chi connectivity index (χ2v) is 6.39.